The summed E-state index contributed by atoms with van der Waals surface area (Å²) in [7, 11) is 1.38. The highest BCUT2D eigenvalue weighted by Crippen LogP contribution is 2.27. The molecular weight excluding hydrogens is 244 g/mol. The third-order valence-electron chi connectivity index (χ3n) is 3.00. The SMILES string of the molecule is COC(=O)C(CC(C)C)n1c(N)nc2cnccc21. The number of nitrogens with zero attached hydrogens (tertiary/aromatic N) is 3. The van der Waals surface area contributed by atoms with Gasteiger partial charge in [0.1, 0.15) is 11.6 Å². The average molecular weight is 262 g/mol. The zero-order chi connectivity index (χ0) is 14.0. The van der Waals surface area contributed by atoms with Gasteiger partial charge in [0, 0.05) is 6.20 Å². The molecule has 2 aromatic heterocycles. The average Bonchev–Trinajstić information content (AvgIpc) is 2.70. The molecule has 102 valence electrons. The van der Waals surface area contributed by atoms with Gasteiger partial charge in [0.2, 0.25) is 5.95 Å². The standard InChI is InChI=1S/C13H18N4O2/c1-8(2)6-11(12(18)19-3)17-10-4-5-15-7-9(10)16-13(17)14/h4-5,7-8,11H,6H2,1-3H3,(H2,14,16). The summed E-state index contributed by atoms with van der Waals surface area (Å²) in [6.45, 7) is 4.10. The van der Waals surface area contributed by atoms with E-state index in [1.807, 2.05) is 13.8 Å². The molecule has 2 N–H and O–H groups in total. The van der Waals surface area contributed by atoms with Gasteiger partial charge >= 0.3 is 5.97 Å². The predicted molar refractivity (Wildman–Crippen MR) is 72.4 cm³/mol. The molecule has 2 rings (SSSR count). The highest BCUT2D eigenvalue weighted by atomic mass is 16.5. The van der Waals surface area contributed by atoms with Crippen LogP contribution in [0.2, 0.25) is 0 Å². The van der Waals surface area contributed by atoms with E-state index in [0.29, 0.717) is 23.8 Å². The highest BCUT2D eigenvalue weighted by Gasteiger charge is 2.26. The number of imidazole rings is 1. The maximum atomic E-state index is 12.0. The zero-order valence-corrected chi connectivity index (χ0v) is 11.3. The summed E-state index contributed by atoms with van der Waals surface area (Å²) in [4.78, 5) is 20.2. The third kappa shape index (κ3) is 2.52. The maximum absolute atomic E-state index is 12.0. The summed E-state index contributed by atoms with van der Waals surface area (Å²) in [5.41, 5.74) is 7.41. The van der Waals surface area contributed by atoms with E-state index in [1.165, 1.54) is 7.11 Å². The van der Waals surface area contributed by atoms with E-state index in [-0.39, 0.29) is 5.97 Å². The van der Waals surface area contributed by atoms with Crippen LogP contribution in [0.4, 0.5) is 5.95 Å². The first-order valence-electron chi connectivity index (χ1n) is 6.19. The summed E-state index contributed by atoms with van der Waals surface area (Å²) < 4.78 is 6.61. The molecule has 0 aliphatic rings. The van der Waals surface area contributed by atoms with E-state index < -0.39 is 6.04 Å². The van der Waals surface area contributed by atoms with E-state index in [0.717, 1.165) is 5.52 Å². The number of ether oxygens (including phenoxy) is 1. The summed E-state index contributed by atoms with van der Waals surface area (Å²) in [6, 6.07) is 1.34. The number of fused-ring (bicyclic) bond motifs is 1. The number of hydrogen-bond acceptors (Lipinski definition) is 5. The minimum atomic E-state index is -0.461. The third-order valence-corrected chi connectivity index (χ3v) is 3.00. The molecule has 2 aromatic rings. The Kier molecular flexibility index (Phi) is 3.69. The monoisotopic (exact) mass is 262 g/mol. The molecule has 0 bridgehead atoms. The second kappa shape index (κ2) is 5.26. The van der Waals surface area contributed by atoms with Crippen LogP contribution >= 0.6 is 0 Å². The Morgan fingerprint density at radius 2 is 2.26 bits per heavy atom. The van der Waals surface area contributed by atoms with Crippen LogP contribution in [0, 0.1) is 5.92 Å². The van der Waals surface area contributed by atoms with Crippen LogP contribution in [-0.4, -0.2) is 27.6 Å². The zero-order valence-electron chi connectivity index (χ0n) is 11.3. The molecule has 0 fully saturated rings. The Labute approximate surface area is 111 Å². The normalized spacial score (nSPS) is 12.8. The van der Waals surface area contributed by atoms with Crippen molar-refractivity contribution < 1.29 is 9.53 Å². The summed E-state index contributed by atoms with van der Waals surface area (Å²) >= 11 is 0. The van der Waals surface area contributed by atoms with Crippen molar-refractivity contribution in [2.45, 2.75) is 26.3 Å². The van der Waals surface area contributed by atoms with Crippen LogP contribution in [0.5, 0.6) is 0 Å². The van der Waals surface area contributed by atoms with E-state index >= 15 is 0 Å². The summed E-state index contributed by atoms with van der Waals surface area (Å²) in [5, 5.41) is 0. The number of rotatable bonds is 4. The smallest absolute Gasteiger partial charge is 0.328 e. The van der Waals surface area contributed by atoms with Crippen LogP contribution < -0.4 is 5.73 Å². The number of aromatic nitrogens is 3. The lowest BCUT2D eigenvalue weighted by Gasteiger charge is -2.20. The van der Waals surface area contributed by atoms with Crippen molar-refractivity contribution in [2.24, 2.45) is 5.92 Å². The Hall–Kier alpha value is -2.11. The second-order valence-electron chi connectivity index (χ2n) is 4.87. The van der Waals surface area contributed by atoms with Crippen molar-refractivity contribution in [1.29, 1.82) is 0 Å². The molecular formula is C13H18N4O2. The molecule has 0 saturated carbocycles. The fourth-order valence-electron chi connectivity index (χ4n) is 2.19. The Balaban J connectivity index is 2.55. The van der Waals surface area contributed by atoms with Crippen LogP contribution in [-0.2, 0) is 9.53 Å². The fourth-order valence-corrected chi connectivity index (χ4v) is 2.19. The number of carbonyl (C=O) groups is 1. The molecule has 0 aliphatic carbocycles. The molecule has 0 aliphatic heterocycles. The van der Waals surface area contributed by atoms with Crippen LogP contribution in [0.3, 0.4) is 0 Å². The van der Waals surface area contributed by atoms with E-state index in [4.69, 9.17) is 10.5 Å². The minimum absolute atomic E-state index is 0.305. The van der Waals surface area contributed by atoms with Crippen LogP contribution in [0.15, 0.2) is 18.5 Å². The van der Waals surface area contributed by atoms with Gasteiger partial charge in [-0.2, -0.15) is 0 Å². The molecule has 6 heteroatoms. The quantitative estimate of drug-likeness (QED) is 0.849. The molecule has 1 atom stereocenters. The van der Waals surface area contributed by atoms with E-state index in [9.17, 15) is 4.79 Å². The predicted octanol–water partition coefficient (Wildman–Crippen LogP) is 1.77. The number of pyridine rings is 1. The van der Waals surface area contributed by atoms with Crippen molar-refractivity contribution in [3.8, 4) is 0 Å². The number of nitrogens with two attached hydrogens (primary N) is 1. The van der Waals surface area contributed by atoms with Gasteiger partial charge in [0.15, 0.2) is 0 Å². The van der Waals surface area contributed by atoms with Crippen molar-refractivity contribution in [2.75, 3.05) is 12.8 Å². The van der Waals surface area contributed by atoms with Crippen LogP contribution in [0.25, 0.3) is 11.0 Å². The molecule has 1 unspecified atom stereocenters. The summed E-state index contributed by atoms with van der Waals surface area (Å²) in [5.74, 6) is 0.332. The lowest BCUT2D eigenvalue weighted by Crippen LogP contribution is -2.23. The first kappa shape index (κ1) is 13.3. The number of nitrogen functional groups attached to an aromatic ring is 1. The molecule has 0 saturated heterocycles. The number of anilines is 1. The molecule has 0 radical (unpaired) electrons. The van der Waals surface area contributed by atoms with Gasteiger partial charge in [-0.15, -0.1) is 0 Å². The van der Waals surface area contributed by atoms with Gasteiger partial charge in [-0.1, -0.05) is 13.8 Å². The van der Waals surface area contributed by atoms with Crippen molar-refractivity contribution in [3.05, 3.63) is 18.5 Å². The maximum Gasteiger partial charge on any atom is 0.328 e. The van der Waals surface area contributed by atoms with E-state index in [2.05, 4.69) is 9.97 Å². The van der Waals surface area contributed by atoms with Crippen LogP contribution in [0.1, 0.15) is 26.3 Å². The number of esters is 1. The second-order valence-corrected chi connectivity index (χ2v) is 4.87. The van der Waals surface area contributed by atoms with Gasteiger partial charge in [-0.25, -0.2) is 9.78 Å². The Morgan fingerprint density at radius 3 is 2.89 bits per heavy atom. The Bertz CT molecular complexity index is 591. The number of carbonyl (C=O) groups excluding carboxylic acids is 1. The molecule has 19 heavy (non-hydrogen) atoms. The Morgan fingerprint density at radius 1 is 1.53 bits per heavy atom. The number of hydrogen-bond donors (Lipinski definition) is 1. The largest absolute Gasteiger partial charge is 0.467 e. The van der Waals surface area contributed by atoms with Gasteiger partial charge in [0.25, 0.3) is 0 Å². The van der Waals surface area contributed by atoms with Gasteiger partial charge in [0.05, 0.1) is 18.8 Å². The fraction of sp³-hybridized carbons (Fsp3) is 0.462. The van der Waals surface area contributed by atoms with Crippen molar-refractivity contribution >= 4 is 23.0 Å². The molecule has 2 heterocycles. The van der Waals surface area contributed by atoms with Crippen molar-refractivity contribution in [1.82, 2.24) is 14.5 Å². The lowest BCUT2D eigenvalue weighted by atomic mass is 10.0. The first-order chi connectivity index (χ1) is 9.04. The topological polar surface area (TPSA) is 83.0 Å². The highest BCUT2D eigenvalue weighted by molar-refractivity contribution is 5.82. The molecule has 0 amide bonds. The first-order valence-corrected chi connectivity index (χ1v) is 6.19. The van der Waals surface area contributed by atoms with Crippen molar-refractivity contribution in [3.63, 3.8) is 0 Å². The molecule has 0 aromatic carbocycles. The molecule has 0 spiro atoms. The van der Waals surface area contributed by atoms with Gasteiger partial charge in [-0.3, -0.25) is 9.55 Å². The number of methoxy groups -OCH3 is 1. The summed E-state index contributed by atoms with van der Waals surface area (Å²) in [6.07, 6.45) is 3.93. The lowest BCUT2D eigenvalue weighted by molar-refractivity contribution is -0.145. The molecule has 6 nitrogen and oxygen atoms in total. The van der Waals surface area contributed by atoms with Gasteiger partial charge < -0.3 is 10.5 Å². The minimum Gasteiger partial charge on any atom is -0.467 e. The van der Waals surface area contributed by atoms with E-state index in [1.54, 1.807) is 23.0 Å². The van der Waals surface area contributed by atoms with Gasteiger partial charge in [-0.05, 0) is 18.4 Å².